The third kappa shape index (κ3) is 4.10. The minimum atomic E-state index is -3.26. The van der Waals surface area contributed by atoms with Gasteiger partial charge in [-0.25, -0.2) is 27.5 Å². The van der Waals surface area contributed by atoms with E-state index in [0.717, 1.165) is 25.5 Å². The van der Waals surface area contributed by atoms with E-state index < -0.39 is 15.8 Å². The molecule has 0 amide bonds. The molecular weight excluding hydrogens is 295 g/mol. The normalized spacial score (nSPS) is 19.8. The molecule has 0 aromatic carbocycles. The van der Waals surface area contributed by atoms with Crippen LogP contribution in [0.3, 0.4) is 0 Å². The summed E-state index contributed by atoms with van der Waals surface area (Å²) in [4.78, 5) is 10.1. The highest BCUT2D eigenvalue weighted by Gasteiger charge is 2.27. The van der Waals surface area contributed by atoms with Gasteiger partial charge in [-0.05, 0) is 33.1 Å². The Morgan fingerprint density at radius 2 is 2.05 bits per heavy atom. The van der Waals surface area contributed by atoms with E-state index in [1.807, 2.05) is 4.90 Å². The lowest BCUT2D eigenvalue weighted by atomic mass is 10.0. The number of aromatic nitrogens is 2. The Morgan fingerprint density at radius 1 is 1.33 bits per heavy atom. The van der Waals surface area contributed by atoms with E-state index in [1.165, 1.54) is 0 Å². The van der Waals surface area contributed by atoms with E-state index in [2.05, 4.69) is 14.7 Å². The molecule has 1 N–H and O–H groups in total. The molecule has 2 rings (SSSR count). The number of hydrogen-bond acceptors (Lipinski definition) is 5. The fourth-order valence-corrected chi connectivity index (χ4v) is 3.11. The van der Waals surface area contributed by atoms with E-state index in [0.29, 0.717) is 18.1 Å². The molecule has 1 saturated heterocycles. The Labute approximate surface area is 124 Å². The van der Waals surface area contributed by atoms with Crippen LogP contribution < -0.4 is 9.62 Å². The molecule has 1 unspecified atom stereocenters. The maximum absolute atomic E-state index is 14.3. The van der Waals surface area contributed by atoms with Crippen molar-refractivity contribution in [2.24, 2.45) is 0 Å². The molecule has 0 bridgehead atoms. The van der Waals surface area contributed by atoms with Gasteiger partial charge in [-0.3, -0.25) is 0 Å². The van der Waals surface area contributed by atoms with Gasteiger partial charge >= 0.3 is 0 Å². The van der Waals surface area contributed by atoms with Crippen LogP contribution in [0.5, 0.6) is 0 Å². The summed E-state index contributed by atoms with van der Waals surface area (Å²) in [5.74, 6) is 0.371. The summed E-state index contributed by atoms with van der Waals surface area (Å²) in [6.07, 6.45) is 3.87. The lowest BCUT2D eigenvalue weighted by Gasteiger charge is -2.37. The first kappa shape index (κ1) is 16.1. The third-order valence-corrected chi connectivity index (χ3v) is 4.28. The first-order chi connectivity index (χ1) is 9.78. The number of sulfonamides is 1. The van der Waals surface area contributed by atoms with Gasteiger partial charge in [0.25, 0.3) is 0 Å². The lowest BCUT2D eigenvalue weighted by molar-refractivity contribution is 0.441. The molecule has 0 saturated carbocycles. The summed E-state index contributed by atoms with van der Waals surface area (Å²) in [5.41, 5.74) is 0.317. The van der Waals surface area contributed by atoms with Crippen molar-refractivity contribution in [3.8, 4) is 0 Å². The summed E-state index contributed by atoms with van der Waals surface area (Å²) < 4.78 is 39.3. The van der Waals surface area contributed by atoms with Gasteiger partial charge in [0, 0.05) is 19.1 Å². The van der Waals surface area contributed by atoms with Crippen LogP contribution in [-0.4, -0.2) is 43.8 Å². The zero-order chi connectivity index (χ0) is 15.6. The van der Waals surface area contributed by atoms with E-state index in [9.17, 15) is 12.8 Å². The molecule has 6 nitrogen and oxygen atoms in total. The van der Waals surface area contributed by atoms with Crippen molar-refractivity contribution >= 4 is 15.8 Å². The minimum absolute atomic E-state index is 0.0864. The fraction of sp³-hybridized carbons (Fsp3) is 0.692. The molecule has 8 heteroatoms. The molecule has 0 radical (unpaired) electrons. The first-order valence-electron chi connectivity index (χ1n) is 7.00. The van der Waals surface area contributed by atoms with Crippen LogP contribution >= 0.6 is 0 Å². The SMILES string of the molecule is Cc1nc(C)c(F)c(N2CCCCC2CNS(C)(=O)=O)n1. The van der Waals surface area contributed by atoms with Gasteiger partial charge in [0.2, 0.25) is 10.0 Å². The van der Waals surface area contributed by atoms with Gasteiger partial charge in [-0.1, -0.05) is 0 Å². The number of halogens is 1. The van der Waals surface area contributed by atoms with Crippen molar-refractivity contribution < 1.29 is 12.8 Å². The second-order valence-corrected chi connectivity index (χ2v) is 7.29. The average molecular weight is 316 g/mol. The second kappa shape index (κ2) is 6.23. The molecule has 0 spiro atoms. The van der Waals surface area contributed by atoms with Gasteiger partial charge in [0.05, 0.1) is 11.9 Å². The fourth-order valence-electron chi connectivity index (χ4n) is 2.61. The number of piperidine rings is 1. The summed E-state index contributed by atoms with van der Waals surface area (Å²) in [6, 6.07) is -0.0864. The largest absolute Gasteiger partial charge is 0.350 e. The number of nitrogens with zero attached hydrogens (tertiary/aromatic N) is 3. The monoisotopic (exact) mass is 316 g/mol. The highest BCUT2D eigenvalue weighted by atomic mass is 32.2. The van der Waals surface area contributed by atoms with Crippen molar-refractivity contribution in [2.45, 2.75) is 39.2 Å². The molecule has 1 aliphatic rings. The Bertz CT molecular complexity index is 621. The second-order valence-electron chi connectivity index (χ2n) is 5.46. The van der Waals surface area contributed by atoms with E-state index in [4.69, 9.17) is 0 Å². The van der Waals surface area contributed by atoms with Gasteiger partial charge in [0.15, 0.2) is 11.6 Å². The Hall–Kier alpha value is -1.28. The number of aryl methyl sites for hydroxylation is 2. The zero-order valence-corrected chi connectivity index (χ0v) is 13.4. The van der Waals surface area contributed by atoms with Gasteiger partial charge < -0.3 is 4.90 Å². The molecule has 21 heavy (non-hydrogen) atoms. The smallest absolute Gasteiger partial charge is 0.208 e. The zero-order valence-electron chi connectivity index (χ0n) is 12.6. The average Bonchev–Trinajstić information content (AvgIpc) is 2.40. The number of rotatable bonds is 4. The molecule has 1 aromatic heterocycles. The van der Waals surface area contributed by atoms with E-state index >= 15 is 0 Å². The first-order valence-corrected chi connectivity index (χ1v) is 8.89. The molecule has 2 heterocycles. The van der Waals surface area contributed by atoms with Crippen molar-refractivity contribution in [3.63, 3.8) is 0 Å². The number of nitrogens with one attached hydrogen (secondary N) is 1. The topological polar surface area (TPSA) is 75.2 Å². The highest BCUT2D eigenvalue weighted by Crippen LogP contribution is 2.26. The Morgan fingerprint density at radius 3 is 2.71 bits per heavy atom. The minimum Gasteiger partial charge on any atom is -0.350 e. The van der Waals surface area contributed by atoms with Gasteiger partial charge in [-0.2, -0.15) is 0 Å². The summed E-state index contributed by atoms with van der Waals surface area (Å²) in [7, 11) is -3.26. The molecule has 1 aromatic rings. The van der Waals surface area contributed by atoms with Crippen molar-refractivity contribution in [1.29, 1.82) is 0 Å². The van der Waals surface area contributed by atoms with Crippen LogP contribution in [0.2, 0.25) is 0 Å². The highest BCUT2D eigenvalue weighted by molar-refractivity contribution is 7.88. The van der Waals surface area contributed by atoms with Crippen molar-refractivity contribution in [1.82, 2.24) is 14.7 Å². The molecular formula is C13H21FN4O2S. The Kier molecular flexibility index (Phi) is 4.77. The van der Waals surface area contributed by atoms with Crippen molar-refractivity contribution in [3.05, 3.63) is 17.3 Å². The summed E-state index contributed by atoms with van der Waals surface area (Å²) in [6.45, 7) is 4.27. The summed E-state index contributed by atoms with van der Waals surface area (Å²) >= 11 is 0. The van der Waals surface area contributed by atoms with E-state index in [-0.39, 0.29) is 18.4 Å². The van der Waals surface area contributed by atoms with Gasteiger partial charge in [-0.15, -0.1) is 0 Å². The molecule has 0 aliphatic carbocycles. The quantitative estimate of drug-likeness (QED) is 0.901. The third-order valence-electron chi connectivity index (χ3n) is 3.59. The molecule has 1 fully saturated rings. The van der Waals surface area contributed by atoms with Gasteiger partial charge in [0.1, 0.15) is 5.82 Å². The van der Waals surface area contributed by atoms with E-state index in [1.54, 1.807) is 13.8 Å². The van der Waals surface area contributed by atoms with Crippen molar-refractivity contribution in [2.75, 3.05) is 24.2 Å². The van der Waals surface area contributed by atoms with Crippen LogP contribution in [0.1, 0.15) is 30.8 Å². The number of anilines is 1. The van der Waals surface area contributed by atoms with Crippen LogP contribution in [0.25, 0.3) is 0 Å². The molecule has 1 aliphatic heterocycles. The number of hydrogen-bond donors (Lipinski definition) is 1. The van der Waals surface area contributed by atoms with Crippen LogP contribution in [0.4, 0.5) is 10.2 Å². The predicted molar refractivity (Wildman–Crippen MR) is 79.3 cm³/mol. The van der Waals surface area contributed by atoms with Crippen LogP contribution in [-0.2, 0) is 10.0 Å². The van der Waals surface area contributed by atoms with Crippen LogP contribution in [0, 0.1) is 19.7 Å². The Balaban J connectivity index is 2.26. The molecule has 118 valence electrons. The molecule has 1 atom stereocenters. The van der Waals surface area contributed by atoms with Crippen LogP contribution in [0.15, 0.2) is 0 Å². The summed E-state index contributed by atoms with van der Waals surface area (Å²) in [5, 5.41) is 0. The predicted octanol–water partition coefficient (Wildman–Crippen LogP) is 1.14. The maximum atomic E-state index is 14.3. The maximum Gasteiger partial charge on any atom is 0.208 e. The lowest BCUT2D eigenvalue weighted by Crippen LogP contribution is -2.47. The standard InChI is InChI=1S/C13H21FN4O2S/c1-9-12(14)13(17-10(2)16-9)18-7-5-4-6-11(18)8-15-21(3,19)20/h11,15H,4-8H2,1-3H3.